The lowest BCUT2D eigenvalue weighted by Gasteiger charge is -2.31. The molecular weight excluding hydrogens is 254 g/mol. The Bertz CT molecular complexity index is 408. The first-order valence-electron chi connectivity index (χ1n) is 7.23. The fraction of sp³-hybridized carbons (Fsp3) is 0.625. The summed E-state index contributed by atoms with van der Waals surface area (Å²) < 4.78 is 5.08. The summed E-state index contributed by atoms with van der Waals surface area (Å²) in [6.45, 7) is 7.10. The lowest BCUT2D eigenvalue weighted by atomic mass is 9.83. The zero-order valence-electron chi connectivity index (χ0n) is 12.9. The summed E-state index contributed by atoms with van der Waals surface area (Å²) >= 11 is 0. The minimum atomic E-state index is -0.0870. The summed E-state index contributed by atoms with van der Waals surface area (Å²) in [5.74, 6) is 0.872. The molecule has 114 valence electrons. The Morgan fingerprint density at radius 3 is 2.40 bits per heavy atom. The first-order chi connectivity index (χ1) is 9.51. The van der Waals surface area contributed by atoms with E-state index in [0.717, 1.165) is 24.9 Å². The van der Waals surface area contributed by atoms with E-state index in [4.69, 9.17) is 4.74 Å². The Hall–Kier alpha value is -1.26. The summed E-state index contributed by atoms with van der Waals surface area (Å²) in [4.78, 5) is 0. The normalized spacial score (nSPS) is 13.2. The van der Waals surface area contributed by atoms with Crippen LogP contribution in [0.2, 0.25) is 0 Å². The van der Waals surface area contributed by atoms with Gasteiger partial charge in [-0.15, -0.1) is 0 Å². The highest BCUT2D eigenvalue weighted by Crippen LogP contribution is 2.30. The van der Waals surface area contributed by atoms with Gasteiger partial charge in [0.1, 0.15) is 11.5 Å². The van der Waals surface area contributed by atoms with E-state index >= 15 is 0 Å². The third kappa shape index (κ3) is 3.87. The molecule has 0 fully saturated rings. The van der Waals surface area contributed by atoms with Gasteiger partial charge in [0.25, 0.3) is 0 Å². The molecule has 0 radical (unpaired) electrons. The first kappa shape index (κ1) is 16.8. The number of aliphatic hydroxyl groups excluding tert-OH is 1. The number of methoxy groups -OCH3 is 1. The third-order valence-electron chi connectivity index (χ3n) is 4.32. The van der Waals surface area contributed by atoms with Crippen LogP contribution in [0.1, 0.15) is 45.2 Å². The van der Waals surface area contributed by atoms with Crippen LogP contribution >= 0.6 is 0 Å². The summed E-state index contributed by atoms with van der Waals surface area (Å²) in [7, 11) is 1.58. The second kappa shape index (κ2) is 7.50. The number of nitrogens with one attached hydrogen (secondary N) is 1. The van der Waals surface area contributed by atoms with Crippen molar-refractivity contribution in [2.75, 3.05) is 20.3 Å². The smallest absolute Gasteiger partial charge is 0.124 e. The van der Waals surface area contributed by atoms with Crippen LogP contribution in [0.5, 0.6) is 11.5 Å². The number of phenolic OH excluding ortho intramolecular Hbond substituents is 1. The van der Waals surface area contributed by atoms with Crippen LogP contribution < -0.4 is 10.1 Å². The number of rotatable bonds is 8. The van der Waals surface area contributed by atoms with Crippen LogP contribution in [0.3, 0.4) is 0 Å². The van der Waals surface area contributed by atoms with Gasteiger partial charge in [-0.1, -0.05) is 19.9 Å². The number of ether oxygens (including phenoxy) is 1. The molecule has 4 heteroatoms. The lowest BCUT2D eigenvalue weighted by molar-refractivity contribution is 0.110. The number of aromatic hydroxyl groups is 1. The maximum atomic E-state index is 10.0. The quantitative estimate of drug-likeness (QED) is 0.685. The first-order valence-corrected chi connectivity index (χ1v) is 7.23. The van der Waals surface area contributed by atoms with Crippen LogP contribution in [-0.2, 0) is 0 Å². The molecule has 1 rings (SSSR count). The lowest BCUT2D eigenvalue weighted by Crippen LogP contribution is -2.37. The predicted octanol–water partition coefficient (Wildman–Crippen LogP) is 2.85. The standard InChI is InChI=1S/C16H27NO3/c1-5-16(6-2,11-18)10-17-12(3)14-8-7-13(20-4)9-15(14)19/h7-9,12,17-19H,5-6,10-11H2,1-4H3. The minimum absolute atomic E-state index is 0.0185. The largest absolute Gasteiger partial charge is 0.507 e. The van der Waals surface area contributed by atoms with E-state index in [1.807, 2.05) is 19.1 Å². The van der Waals surface area contributed by atoms with Crippen LogP contribution in [0.4, 0.5) is 0 Å². The van der Waals surface area contributed by atoms with Gasteiger partial charge in [0.2, 0.25) is 0 Å². The third-order valence-corrected chi connectivity index (χ3v) is 4.32. The maximum absolute atomic E-state index is 10.0. The molecule has 0 saturated carbocycles. The Morgan fingerprint density at radius 1 is 1.30 bits per heavy atom. The maximum Gasteiger partial charge on any atom is 0.124 e. The molecule has 0 amide bonds. The summed E-state index contributed by atoms with van der Waals surface area (Å²) in [6.07, 6.45) is 1.85. The Labute approximate surface area is 121 Å². The van der Waals surface area contributed by atoms with Gasteiger partial charge < -0.3 is 20.3 Å². The van der Waals surface area contributed by atoms with Crippen LogP contribution in [0.15, 0.2) is 18.2 Å². The van der Waals surface area contributed by atoms with Crippen molar-refractivity contribution in [2.45, 2.75) is 39.7 Å². The molecule has 1 aromatic rings. The van der Waals surface area contributed by atoms with E-state index in [1.54, 1.807) is 13.2 Å². The molecule has 0 aromatic heterocycles. The van der Waals surface area contributed by atoms with Gasteiger partial charge in [0.15, 0.2) is 0 Å². The molecular formula is C16H27NO3. The summed E-state index contributed by atoms with van der Waals surface area (Å²) in [6, 6.07) is 5.34. The Balaban J connectivity index is 2.74. The van der Waals surface area contributed by atoms with E-state index in [-0.39, 0.29) is 23.8 Å². The average Bonchev–Trinajstić information content (AvgIpc) is 2.48. The van der Waals surface area contributed by atoms with Crippen molar-refractivity contribution in [1.29, 1.82) is 0 Å². The van der Waals surface area contributed by atoms with Gasteiger partial charge in [0, 0.05) is 36.2 Å². The highest BCUT2D eigenvalue weighted by Gasteiger charge is 2.26. The molecule has 0 heterocycles. The molecule has 1 atom stereocenters. The number of hydrogen-bond acceptors (Lipinski definition) is 4. The SMILES string of the molecule is CCC(CC)(CO)CNC(C)c1ccc(OC)cc1O. The van der Waals surface area contributed by atoms with Crippen molar-refractivity contribution in [3.05, 3.63) is 23.8 Å². The molecule has 20 heavy (non-hydrogen) atoms. The van der Waals surface area contributed by atoms with Crippen LogP contribution in [-0.4, -0.2) is 30.5 Å². The van der Waals surface area contributed by atoms with Gasteiger partial charge in [-0.25, -0.2) is 0 Å². The van der Waals surface area contributed by atoms with Crippen molar-refractivity contribution in [2.24, 2.45) is 5.41 Å². The molecule has 1 unspecified atom stereocenters. The zero-order valence-corrected chi connectivity index (χ0v) is 12.9. The molecule has 0 saturated heterocycles. The van der Waals surface area contributed by atoms with Gasteiger partial charge in [-0.3, -0.25) is 0 Å². The molecule has 0 aliphatic carbocycles. The monoisotopic (exact) mass is 281 g/mol. The van der Waals surface area contributed by atoms with E-state index in [1.165, 1.54) is 0 Å². The fourth-order valence-corrected chi connectivity index (χ4v) is 2.28. The number of phenols is 1. The Kier molecular flexibility index (Phi) is 6.30. The van der Waals surface area contributed by atoms with Crippen molar-refractivity contribution >= 4 is 0 Å². The van der Waals surface area contributed by atoms with E-state index in [0.29, 0.717) is 5.75 Å². The molecule has 1 aromatic carbocycles. The average molecular weight is 281 g/mol. The van der Waals surface area contributed by atoms with Gasteiger partial charge in [-0.05, 0) is 25.8 Å². The van der Waals surface area contributed by atoms with Crippen molar-refractivity contribution < 1.29 is 14.9 Å². The molecule has 3 N–H and O–H groups in total. The van der Waals surface area contributed by atoms with Crippen molar-refractivity contribution in [3.8, 4) is 11.5 Å². The zero-order chi connectivity index (χ0) is 15.2. The minimum Gasteiger partial charge on any atom is -0.507 e. The predicted molar refractivity (Wildman–Crippen MR) is 81.2 cm³/mol. The van der Waals surface area contributed by atoms with E-state index in [9.17, 15) is 10.2 Å². The molecule has 0 aliphatic heterocycles. The fourth-order valence-electron chi connectivity index (χ4n) is 2.28. The van der Waals surface area contributed by atoms with Crippen molar-refractivity contribution in [1.82, 2.24) is 5.32 Å². The number of aliphatic hydroxyl groups is 1. The molecule has 0 aliphatic rings. The summed E-state index contributed by atoms with van der Waals surface area (Å²) in [5.41, 5.74) is 0.751. The van der Waals surface area contributed by atoms with Gasteiger partial charge >= 0.3 is 0 Å². The van der Waals surface area contributed by atoms with Crippen LogP contribution in [0.25, 0.3) is 0 Å². The van der Waals surface area contributed by atoms with Gasteiger partial charge in [0.05, 0.1) is 7.11 Å². The number of benzene rings is 1. The van der Waals surface area contributed by atoms with E-state index < -0.39 is 0 Å². The number of hydrogen-bond donors (Lipinski definition) is 3. The second-order valence-electron chi connectivity index (χ2n) is 5.39. The topological polar surface area (TPSA) is 61.7 Å². The second-order valence-corrected chi connectivity index (χ2v) is 5.39. The molecule has 0 bridgehead atoms. The highest BCUT2D eigenvalue weighted by atomic mass is 16.5. The summed E-state index contributed by atoms with van der Waals surface area (Å²) in [5, 5.41) is 23.0. The van der Waals surface area contributed by atoms with Gasteiger partial charge in [-0.2, -0.15) is 0 Å². The van der Waals surface area contributed by atoms with Crippen LogP contribution in [0, 0.1) is 5.41 Å². The van der Waals surface area contributed by atoms with E-state index in [2.05, 4.69) is 19.2 Å². The molecule has 4 nitrogen and oxygen atoms in total. The highest BCUT2D eigenvalue weighted by molar-refractivity contribution is 5.41. The molecule has 0 spiro atoms. The Morgan fingerprint density at radius 2 is 1.95 bits per heavy atom. The van der Waals surface area contributed by atoms with Crippen molar-refractivity contribution in [3.63, 3.8) is 0 Å².